The van der Waals surface area contributed by atoms with E-state index in [1.54, 1.807) is 38.1 Å². The number of urea groups is 2. The van der Waals surface area contributed by atoms with E-state index in [4.69, 9.17) is 0 Å². The van der Waals surface area contributed by atoms with Crippen LogP contribution in [0.4, 0.5) is 15.3 Å². The Kier molecular flexibility index (Phi) is 6.01. The molecular formula is C17H21BrN4O4. The number of nitrogens with zero attached hydrogens (tertiary/aromatic N) is 1. The first-order valence-electron chi connectivity index (χ1n) is 8.15. The lowest BCUT2D eigenvalue weighted by molar-refractivity contribution is -0.134. The van der Waals surface area contributed by atoms with Gasteiger partial charge in [-0.1, -0.05) is 29.8 Å². The van der Waals surface area contributed by atoms with Gasteiger partial charge in [0.15, 0.2) is 0 Å². The van der Waals surface area contributed by atoms with Crippen LogP contribution < -0.4 is 16.1 Å². The number of nitrogens with one attached hydrogen (secondary N) is 3. The topological polar surface area (TPSA) is 108 Å². The van der Waals surface area contributed by atoms with Crippen molar-refractivity contribution < 1.29 is 19.2 Å². The zero-order valence-electron chi connectivity index (χ0n) is 14.8. The van der Waals surface area contributed by atoms with Crippen molar-refractivity contribution in [3.63, 3.8) is 0 Å². The van der Waals surface area contributed by atoms with E-state index in [-0.39, 0.29) is 24.5 Å². The molecule has 1 atom stereocenters. The lowest BCUT2D eigenvalue weighted by Gasteiger charge is -2.30. The lowest BCUT2D eigenvalue weighted by atomic mass is 9.82. The molecule has 8 nitrogen and oxygen atoms in total. The van der Waals surface area contributed by atoms with Crippen molar-refractivity contribution in [1.29, 1.82) is 0 Å². The fourth-order valence-corrected chi connectivity index (χ4v) is 2.97. The van der Waals surface area contributed by atoms with E-state index in [0.29, 0.717) is 10.7 Å². The Hall–Kier alpha value is -2.42. The summed E-state index contributed by atoms with van der Waals surface area (Å²) in [5.74, 6) is -0.907. The Morgan fingerprint density at radius 1 is 1.23 bits per heavy atom. The Labute approximate surface area is 159 Å². The maximum atomic E-state index is 12.8. The Morgan fingerprint density at radius 2 is 1.85 bits per heavy atom. The van der Waals surface area contributed by atoms with Gasteiger partial charge in [-0.3, -0.25) is 4.79 Å². The molecule has 9 heteroatoms. The third-order valence-electron chi connectivity index (χ3n) is 4.29. The molecule has 1 aromatic carbocycles. The number of anilines is 1. The minimum atomic E-state index is -1.21. The summed E-state index contributed by atoms with van der Waals surface area (Å²) in [6.07, 6.45) is 0.334. The summed E-state index contributed by atoms with van der Waals surface area (Å²) in [5, 5.41) is 5.84. The molecule has 140 valence electrons. The molecule has 0 bridgehead atoms. The Balaban J connectivity index is 2.10. The summed E-state index contributed by atoms with van der Waals surface area (Å²) in [7, 11) is 0. The van der Waals surface area contributed by atoms with Crippen LogP contribution >= 0.6 is 15.9 Å². The largest absolute Gasteiger partial charge is 0.344 e. The average Bonchev–Trinajstić information content (AvgIpc) is 2.80. The highest BCUT2D eigenvalue weighted by Gasteiger charge is 2.53. The van der Waals surface area contributed by atoms with Crippen LogP contribution in [0.25, 0.3) is 0 Å². The van der Waals surface area contributed by atoms with Gasteiger partial charge in [-0.05, 0) is 43.5 Å². The predicted molar refractivity (Wildman–Crippen MR) is 99.2 cm³/mol. The van der Waals surface area contributed by atoms with Gasteiger partial charge in [0.05, 0.1) is 0 Å². The molecule has 0 spiro atoms. The van der Waals surface area contributed by atoms with Crippen LogP contribution in [0, 0.1) is 5.92 Å². The van der Waals surface area contributed by atoms with E-state index in [0.717, 1.165) is 4.47 Å². The standard InChI is InChI=1S/C17H21BrN4O4/c1-10(2)17(9-8-11(3)23)14(24)22(16(26)20-17)21-15(25)19-13-6-4-12(18)5-7-13/h4-7,10H,8-9H2,1-3H3,(H,20,26)(H2,19,21,25). The maximum Gasteiger partial charge on any atom is 0.344 e. The van der Waals surface area contributed by atoms with Crippen LogP contribution in [0.2, 0.25) is 0 Å². The van der Waals surface area contributed by atoms with Gasteiger partial charge in [-0.2, -0.15) is 5.01 Å². The summed E-state index contributed by atoms with van der Waals surface area (Å²) < 4.78 is 0.852. The van der Waals surface area contributed by atoms with E-state index >= 15 is 0 Å². The zero-order chi connectivity index (χ0) is 19.5. The first-order chi connectivity index (χ1) is 12.2. The van der Waals surface area contributed by atoms with E-state index < -0.39 is 23.5 Å². The number of hydrazine groups is 1. The van der Waals surface area contributed by atoms with Crippen molar-refractivity contribution >= 4 is 45.4 Å². The minimum Gasteiger partial charge on any atom is -0.321 e. The third kappa shape index (κ3) is 4.21. The quantitative estimate of drug-likeness (QED) is 0.610. The normalized spacial score (nSPS) is 19.5. The average molecular weight is 425 g/mol. The van der Waals surface area contributed by atoms with Gasteiger partial charge < -0.3 is 15.4 Å². The molecular weight excluding hydrogens is 404 g/mol. The van der Waals surface area contributed by atoms with Gasteiger partial charge in [0.25, 0.3) is 5.91 Å². The summed E-state index contributed by atoms with van der Waals surface area (Å²) in [4.78, 5) is 48.5. The minimum absolute atomic E-state index is 0.0773. The molecule has 0 aliphatic carbocycles. The number of rotatable bonds is 6. The van der Waals surface area contributed by atoms with Gasteiger partial charge in [0.1, 0.15) is 11.3 Å². The highest BCUT2D eigenvalue weighted by atomic mass is 79.9. The highest BCUT2D eigenvalue weighted by molar-refractivity contribution is 9.10. The molecule has 0 saturated carbocycles. The van der Waals surface area contributed by atoms with E-state index in [9.17, 15) is 19.2 Å². The summed E-state index contributed by atoms with van der Waals surface area (Å²) >= 11 is 3.29. The van der Waals surface area contributed by atoms with Crippen LogP contribution in [0.5, 0.6) is 0 Å². The number of hydrogen-bond acceptors (Lipinski definition) is 4. The van der Waals surface area contributed by atoms with E-state index in [2.05, 4.69) is 32.0 Å². The number of carbonyl (C=O) groups excluding carboxylic acids is 4. The number of Topliss-reactive ketones (excluding diaryl/α,β-unsaturated/α-hetero) is 1. The fraction of sp³-hybridized carbons (Fsp3) is 0.412. The number of imide groups is 1. The molecule has 5 amide bonds. The zero-order valence-corrected chi connectivity index (χ0v) is 16.3. The Bertz CT molecular complexity index is 735. The monoisotopic (exact) mass is 424 g/mol. The first kappa shape index (κ1) is 19.9. The molecule has 0 radical (unpaired) electrons. The second-order valence-electron chi connectivity index (χ2n) is 6.47. The number of hydrogen-bond donors (Lipinski definition) is 3. The number of ketones is 1. The van der Waals surface area contributed by atoms with Crippen molar-refractivity contribution in [3.05, 3.63) is 28.7 Å². The van der Waals surface area contributed by atoms with E-state index in [1.807, 2.05) is 0 Å². The van der Waals surface area contributed by atoms with Crippen LogP contribution in [0.15, 0.2) is 28.7 Å². The third-order valence-corrected chi connectivity index (χ3v) is 4.82. The number of amides is 5. The van der Waals surface area contributed by atoms with Crippen molar-refractivity contribution in [3.8, 4) is 0 Å². The molecule has 0 aromatic heterocycles. The highest BCUT2D eigenvalue weighted by Crippen LogP contribution is 2.30. The van der Waals surface area contributed by atoms with Gasteiger partial charge in [0.2, 0.25) is 0 Å². The van der Waals surface area contributed by atoms with Crippen LogP contribution in [-0.4, -0.2) is 34.3 Å². The number of carbonyl (C=O) groups is 4. The summed E-state index contributed by atoms with van der Waals surface area (Å²) in [5.41, 5.74) is 1.55. The smallest absolute Gasteiger partial charge is 0.321 e. The van der Waals surface area contributed by atoms with Gasteiger partial charge in [-0.25, -0.2) is 15.0 Å². The van der Waals surface area contributed by atoms with Crippen LogP contribution in [0.3, 0.4) is 0 Å². The molecule has 1 fully saturated rings. The van der Waals surface area contributed by atoms with Gasteiger partial charge >= 0.3 is 12.1 Å². The van der Waals surface area contributed by atoms with Gasteiger partial charge in [0, 0.05) is 16.6 Å². The molecule has 26 heavy (non-hydrogen) atoms. The molecule has 2 rings (SSSR count). The molecule has 3 N–H and O–H groups in total. The SMILES string of the molecule is CC(=O)CCC1(C(C)C)NC(=O)N(NC(=O)Nc2ccc(Br)cc2)C1=O. The van der Waals surface area contributed by atoms with Crippen molar-refractivity contribution in [2.45, 2.75) is 39.2 Å². The molecule has 1 aromatic rings. The second kappa shape index (κ2) is 7.86. The summed E-state index contributed by atoms with van der Waals surface area (Å²) in [6.45, 7) is 4.99. The Morgan fingerprint density at radius 3 is 2.38 bits per heavy atom. The molecule has 1 aliphatic rings. The maximum absolute atomic E-state index is 12.8. The molecule has 1 heterocycles. The predicted octanol–water partition coefficient (Wildman–Crippen LogP) is 2.80. The summed E-state index contributed by atoms with van der Waals surface area (Å²) in [6, 6.07) is 5.38. The van der Waals surface area contributed by atoms with Crippen LogP contribution in [0.1, 0.15) is 33.6 Å². The van der Waals surface area contributed by atoms with Crippen molar-refractivity contribution in [2.24, 2.45) is 5.92 Å². The van der Waals surface area contributed by atoms with Crippen molar-refractivity contribution in [2.75, 3.05) is 5.32 Å². The van der Waals surface area contributed by atoms with E-state index in [1.165, 1.54) is 6.92 Å². The fourth-order valence-electron chi connectivity index (χ4n) is 2.71. The molecule has 1 unspecified atom stereocenters. The second-order valence-corrected chi connectivity index (χ2v) is 7.39. The van der Waals surface area contributed by atoms with Gasteiger partial charge in [-0.15, -0.1) is 0 Å². The lowest BCUT2D eigenvalue weighted by Crippen LogP contribution is -2.53. The number of benzene rings is 1. The molecule has 1 aliphatic heterocycles. The molecule has 1 saturated heterocycles. The number of halogens is 1. The first-order valence-corrected chi connectivity index (χ1v) is 8.94. The van der Waals surface area contributed by atoms with Crippen LogP contribution in [-0.2, 0) is 9.59 Å². The van der Waals surface area contributed by atoms with Crippen molar-refractivity contribution in [1.82, 2.24) is 15.8 Å².